The highest BCUT2D eigenvalue weighted by molar-refractivity contribution is 6.00. The molecule has 1 aliphatic heterocycles. The van der Waals surface area contributed by atoms with Gasteiger partial charge in [0.25, 0.3) is 0 Å². The van der Waals surface area contributed by atoms with Gasteiger partial charge < -0.3 is 16.2 Å². The van der Waals surface area contributed by atoms with E-state index in [1.165, 1.54) is 23.1 Å². The van der Waals surface area contributed by atoms with Crippen LogP contribution in [-0.4, -0.2) is 33.5 Å². The first-order valence-electron chi connectivity index (χ1n) is 10.2. The van der Waals surface area contributed by atoms with Crippen molar-refractivity contribution in [1.82, 2.24) is 4.90 Å². The number of nitrogens with two attached hydrogens (primary N) is 1. The first-order chi connectivity index (χ1) is 14.7. The van der Waals surface area contributed by atoms with Crippen molar-refractivity contribution in [2.45, 2.75) is 49.8 Å². The standard InChI is InChI=1S/C23H22FN5O2/c1-22(31)8-15(9-22)29-20(30)11-23(28-21(29)26)10-16-17(23)3-2-4-19(16)27-18-6-5-14(24)7-13(18)12-25/h2-7,15,27,31H,8-11H2,1H3,(H2,26,28)/t15?,22?,23-/m0/s1. The molecule has 7 nitrogen and oxygen atoms in total. The lowest BCUT2D eigenvalue weighted by Gasteiger charge is -2.51. The summed E-state index contributed by atoms with van der Waals surface area (Å²) in [6, 6.07) is 11.6. The average Bonchev–Trinajstić information content (AvgIpc) is 2.67. The number of nitrogens with one attached hydrogen (secondary N) is 1. The Morgan fingerprint density at radius 2 is 2.06 bits per heavy atom. The van der Waals surface area contributed by atoms with E-state index in [0.717, 1.165) is 16.8 Å². The Bertz CT molecular complexity index is 1180. The second kappa shape index (κ2) is 6.53. The van der Waals surface area contributed by atoms with Gasteiger partial charge in [0.05, 0.1) is 23.3 Å². The van der Waals surface area contributed by atoms with Crippen LogP contribution >= 0.6 is 0 Å². The number of halogens is 1. The Balaban J connectivity index is 1.43. The van der Waals surface area contributed by atoms with Crippen LogP contribution < -0.4 is 11.1 Å². The lowest BCUT2D eigenvalue weighted by Crippen LogP contribution is -2.62. The third-order valence-corrected chi connectivity index (χ3v) is 6.52. The summed E-state index contributed by atoms with van der Waals surface area (Å²) in [5.74, 6) is -0.349. The van der Waals surface area contributed by atoms with E-state index in [2.05, 4.69) is 5.32 Å². The topological polar surface area (TPSA) is 115 Å². The Morgan fingerprint density at radius 3 is 2.74 bits per heavy atom. The number of carbonyl (C=O) groups is 1. The van der Waals surface area contributed by atoms with E-state index in [4.69, 9.17) is 10.7 Å². The molecule has 5 rings (SSSR count). The van der Waals surface area contributed by atoms with Gasteiger partial charge >= 0.3 is 0 Å². The molecule has 0 bridgehead atoms. The van der Waals surface area contributed by atoms with Gasteiger partial charge in [-0.1, -0.05) is 12.1 Å². The molecule has 2 aromatic rings. The Hall–Kier alpha value is -3.44. The minimum absolute atomic E-state index is 0.0812. The van der Waals surface area contributed by atoms with E-state index in [1.54, 1.807) is 6.92 Å². The zero-order chi connectivity index (χ0) is 22.0. The molecular weight excluding hydrogens is 397 g/mol. The molecule has 2 aliphatic carbocycles. The van der Waals surface area contributed by atoms with Crippen LogP contribution in [0.4, 0.5) is 15.8 Å². The van der Waals surface area contributed by atoms with Crippen LogP contribution in [0.2, 0.25) is 0 Å². The summed E-state index contributed by atoms with van der Waals surface area (Å²) < 4.78 is 13.4. The number of fused-ring (bicyclic) bond motifs is 2. The molecule has 0 unspecified atom stereocenters. The predicted octanol–water partition coefficient (Wildman–Crippen LogP) is 2.65. The van der Waals surface area contributed by atoms with Crippen LogP contribution in [0.1, 0.15) is 42.9 Å². The van der Waals surface area contributed by atoms with E-state index in [1.807, 2.05) is 24.3 Å². The molecule has 2 aromatic carbocycles. The molecule has 1 heterocycles. The van der Waals surface area contributed by atoms with Crippen molar-refractivity contribution in [3.63, 3.8) is 0 Å². The van der Waals surface area contributed by atoms with Gasteiger partial charge in [-0.2, -0.15) is 5.26 Å². The Kier molecular flexibility index (Phi) is 4.11. The van der Waals surface area contributed by atoms with Crippen molar-refractivity contribution in [2.75, 3.05) is 5.32 Å². The van der Waals surface area contributed by atoms with Crippen molar-refractivity contribution in [2.24, 2.45) is 10.7 Å². The molecule has 8 heteroatoms. The number of hydrogen-bond donors (Lipinski definition) is 3. The number of amides is 1. The molecule has 31 heavy (non-hydrogen) atoms. The van der Waals surface area contributed by atoms with E-state index in [-0.39, 0.29) is 29.9 Å². The molecule has 1 amide bonds. The van der Waals surface area contributed by atoms with Crippen molar-refractivity contribution in [3.8, 4) is 6.07 Å². The molecular formula is C23H22FN5O2. The third kappa shape index (κ3) is 3.04. The van der Waals surface area contributed by atoms with Crippen molar-refractivity contribution in [1.29, 1.82) is 5.26 Å². The summed E-state index contributed by atoms with van der Waals surface area (Å²) in [7, 11) is 0. The summed E-state index contributed by atoms with van der Waals surface area (Å²) >= 11 is 0. The minimum Gasteiger partial charge on any atom is -0.390 e. The third-order valence-electron chi connectivity index (χ3n) is 6.52. The van der Waals surface area contributed by atoms with Crippen LogP contribution in [-0.2, 0) is 16.8 Å². The first-order valence-corrected chi connectivity index (χ1v) is 10.2. The molecule has 1 spiro atoms. The van der Waals surface area contributed by atoms with Crippen LogP contribution in [0.3, 0.4) is 0 Å². The first kappa shape index (κ1) is 19.5. The maximum absolute atomic E-state index is 13.4. The van der Waals surface area contributed by atoms with Crippen LogP contribution in [0.15, 0.2) is 41.4 Å². The van der Waals surface area contributed by atoms with Gasteiger partial charge in [-0.15, -0.1) is 0 Å². The summed E-state index contributed by atoms with van der Waals surface area (Å²) in [4.78, 5) is 19.2. The van der Waals surface area contributed by atoms with Crippen LogP contribution in [0, 0.1) is 17.1 Å². The highest BCUT2D eigenvalue weighted by Gasteiger charge is 2.53. The zero-order valence-electron chi connectivity index (χ0n) is 17.0. The predicted molar refractivity (Wildman–Crippen MR) is 113 cm³/mol. The number of rotatable bonds is 3. The van der Waals surface area contributed by atoms with E-state index >= 15 is 0 Å². The summed E-state index contributed by atoms with van der Waals surface area (Å²) in [6.45, 7) is 1.75. The van der Waals surface area contributed by atoms with Gasteiger partial charge in [0.2, 0.25) is 5.91 Å². The molecule has 1 fully saturated rings. The fourth-order valence-electron chi connectivity index (χ4n) is 5.04. The van der Waals surface area contributed by atoms with Crippen molar-refractivity contribution in [3.05, 3.63) is 58.9 Å². The maximum atomic E-state index is 13.4. The summed E-state index contributed by atoms with van der Waals surface area (Å²) in [6.07, 6.45) is 1.75. The van der Waals surface area contributed by atoms with Crippen molar-refractivity contribution >= 4 is 23.2 Å². The second-order valence-electron chi connectivity index (χ2n) is 8.94. The molecule has 158 valence electrons. The normalized spacial score (nSPS) is 28.8. The smallest absolute Gasteiger partial charge is 0.232 e. The monoisotopic (exact) mass is 419 g/mol. The van der Waals surface area contributed by atoms with Gasteiger partial charge in [-0.3, -0.25) is 9.69 Å². The van der Waals surface area contributed by atoms with E-state index in [9.17, 15) is 19.6 Å². The highest BCUT2D eigenvalue weighted by Crippen LogP contribution is 2.51. The number of anilines is 2. The van der Waals surface area contributed by atoms with Gasteiger partial charge in [0.1, 0.15) is 17.4 Å². The van der Waals surface area contributed by atoms with Gasteiger partial charge in [-0.05, 0) is 55.2 Å². The lowest BCUT2D eigenvalue weighted by atomic mass is 9.67. The number of hydrogen-bond acceptors (Lipinski definition) is 6. The van der Waals surface area contributed by atoms with E-state index < -0.39 is 17.0 Å². The number of aliphatic imine (C=N–C) groups is 1. The number of benzene rings is 2. The highest BCUT2D eigenvalue weighted by atomic mass is 19.1. The van der Waals surface area contributed by atoms with Crippen molar-refractivity contribution < 1.29 is 14.3 Å². The molecule has 0 radical (unpaired) electrons. The number of nitriles is 1. The molecule has 0 saturated heterocycles. The molecule has 4 N–H and O–H groups in total. The Labute approximate surface area is 179 Å². The number of carbonyl (C=O) groups excluding carboxylic acids is 1. The largest absolute Gasteiger partial charge is 0.390 e. The van der Waals surface area contributed by atoms with Gasteiger partial charge in [0, 0.05) is 18.2 Å². The SMILES string of the molecule is CC1(O)CC(N2C(=O)C[C@]3(Cc4c(Nc5ccc(F)cc5C#N)cccc43)N=C2N)C1. The lowest BCUT2D eigenvalue weighted by molar-refractivity contribution is -0.139. The molecule has 1 atom stereocenters. The zero-order valence-corrected chi connectivity index (χ0v) is 17.0. The summed E-state index contributed by atoms with van der Waals surface area (Å²) in [5.41, 5.74) is 8.23. The van der Waals surface area contributed by atoms with Crippen LogP contribution in [0.25, 0.3) is 0 Å². The van der Waals surface area contributed by atoms with Gasteiger partial charge in [0.15, 0.2) is 5.96 Å². The fourth-order valence-corrected chi connectivity index (χ4v) is 5.04. The quantitative estimate of drug-likeness (QED) is 0.708. The molecule has 0 aromatic heterocycles. The second-order valence-corrected chi connectivity index (χ2v) is 8.94. The van der Waals surface area contributed by atoms with E-state index in [0.29, 0.717) is 24.9 Å². The number of nitrogens with zero attached hydrogens (tertiary/aromatic N) is 3. The van der Waals surface area contributed by atoms with Gasteiger partial charge in [-0.25, -0.2) is 9.38 Å². The number of aliphatic hydroxyl groups is 1. The molecule has 3 aliphatic rings. The fraction of sp³-hybridized carbons (Fsp3) is 0.348. The maximum Gasteiger partial charge on any atom is 0.232 e. The minimum atomic E-state index is -0.757. The average molecular weight is 419 g/mol. The summed E-state index contributed by atoms with van der Waals surface area (Å²) in [5, 5.41) is 22.5. The number of guanidine groups is 1. The Morgan fingerprint density at radius 1 is 1.29 bits per heavy atom. The van der Waals surface area contributed by atoms with Crippen LogP contribution in [0.5, 0.6) is 0 Å². The molecule has 1 saturated carbocycles.